The minimum absolute atomic E-state index is 0.177. The first-order valence-electron chi connectivity index (χ1n) is 5.27. The van der Waals surface area contributed by atoms with Gasteiger partial charge in [-0.25, -0.2) is 0 Å². The maximum atomic E-state index is 12.7. The predicted octanol–water partition coefficient (Wildman–Crippen LogP) is 4.42. The molecule has 0 nitrogen and oxygen atoms in total. The van der Waals surface area contributed by atoms with Crippen molar-refractivity contribution >= 4 is 15.9 Å². The standard InChI is InChI=1S/C12H12BrF3/c13-11(8-5-6-8)7-9-3-1-2-4-10(9)12(14,15)16/h1-4,8,11H,5-7H2. The van der Waals surface area contributed by atoms with Crippen LogP contribution in [0.4, 0.5) is 13.2 Å². The average molecular weight is 293 g/mol. The predicted molar refractivity (Wildman–Crippen MR) is 60.6 cm³/mol. The van der Waals surface area contributed by atoms with Crippen LogP contribution in [0.15, 0.2) is 24.3 Å². The van der Waals surface area contributed by atoms with Crippen molar-refractivity contribution in [1.29, 1.82) is 0 Å². The Morgan fingerprint density at radius 1 is 1.25 bits per heavy atom. The van der Waals surface area contributed by atoms with Gasteiger partial charge in [-0.1, -0.05) is 34.1 Å². The molecule has 1 saturated carbocycles. The van der Waals surface area contributed by atoms with E-state index >= 15 is 0 Å². The number of hydrogen-bond acceptors (Lipinski definition) is 0. The van der Waals surface area contributed by atoms with E-state index in [-0.39, 0.29) is 4.83 Å². The van der Waals surface area contributed by atoms with Gasteiger partial charge in [0.1, 0.15) is 0 Å². The SMILES string of the molecule is FC(F)(F)c1ccccc1CC(Br)C1CC1. The topological polar surface area (TPSA) is 0 Å². The second kappa shape index (κ2) is 4.40. The molecule has 0 aromatic heterocycles. The summed E-state index contributed by atoms with van der Waals surface area (Å²) in [5.74, 6) is 0.557. The molecule has 16 heavy (non-hydrogen) atoms. The molecule has 0 bridgehead atoms. The molecule has 1 aliphatic rings. The zero-order valence-corrected chi connectivity index (χ0v) is 10.2. The summed E-state index contributed by atoms with van der Waals surface area (Å²) in [6.45, 7) is 0. The van der Waals surface area contributed by atoms with Crippen LogP contribution in [-0.2, 0) is 12.6 Å². The fourth-order valence-electron chi connectivity index (χ4n) is 1.81. The van der Waals surface area contributed by atoms with Crippen molar-refractivity contribution in [2.24, 2.45) is 5.92 Å². The van der Waals surface area contributed by atoms with Crippen LogP contribution in [0.2, 0.25) is 0 Å². The number of benzene rings is 1. The zero-order valence-electron chi connectivity index (χ0n) is 8.60. The van der Waals surface area contributed by atoms with Gasteiger partial charge in [0.25, 0.3) is 0 Å². The fourth-order valence-corrected chi connectivity index (χ4v) is 2.69. The third-order valence-corrected chi connectivity index (χ3v) is 3.94. The van der Waals surface area contributed by atoms with Gasteiger partial charge in [0.05, 0.1) is 5.56 Å². The molecule has 0 heterocycles. The molecule has 1 aromatic carbocycles. The second-order valence-corrected chi connectivity index (χ2v) is 5.39. The number of rotatable bonds is 3. The lowest BCUT2D eigenvalue weighted by Gasteiger charge is -2.15. The Hall–Kier alpha value is -0.510. The Bertz CT molecular complexity index is 369. The van der Waals surface area contributed by atoms with Gasteiger partial charge >= 0.3 is 6.18 Å². The molecule has 0 radical (unpaired) electrons. The Kier molecular flexibility index (Phi) is 3.29. The van der Waals surface area contributed by atoms with Gasteiger partial charge in [-0.2, -0.15) is 13.2 Å². The maximum Gasteiger partial charge on any atom is 0.416 e. The van der Waals surface area contributed by atoms with Crippen LogP contribution in [0.3, 0.4) is 0 Å². The molecule has 88 valence electrons. The quantitative estimate of drug-likeness (QED) is 0.724. The largest absolute Gasteiger partial charge is 0.416 e. The van der Waals surface area contributed by atoms with E-state index in [2.05, 4.69) is 15.9 Å². The second-order valence-electron chi connectivity index (χ2n) is 4.21. The van der Waals surface area contributed by atoms with Crippen molar-refractivity contribution in [2.75, 3.05) is 0 Å². The van der Waals surface area contributed by atoms with Gasteiger partial charge in [-0.05, 0) is 36.8 Å². The van der Waals surface area contributed by atoms with E-state index in [0.717, 1.165) is 18.9 Å². The van der Waals surface area contributed by atoms with Crippen LogP contribution in [0.25, 0.3) is 0 Å². The minimum Gasteiger partial charge on any atom is -0.166 e. The lowest BCUT2D eigenvalue weighted by molar-refractivity contribution is -0.138. The normalized spacial score (nSPS) is 18.5. The van der Waals surface area contributed by atoms with Gasteiger partial charge in [-0.15, -0.1) is 0 Å². The molecule has 0 aliphatic heterocycles. The molecule has 4 heteroatoms. The Labute approximate surface area is 101 Å². The van der Waals surface area contributed by atoms with Crippen molar-refractivity contribution < 1.29 is 13.2 Å². The highest BCUT2D eigenvalue weighted by Crippen LogP contribution is 2.40. The summed E-state index contributed by atoms with van der Waals surface area (Å²) in [6, 6.07) is 5.82. The summed E-state index contributed by atoms with van der Waals surface area (Å²) in [5.41, 5.74) is -0.108. The highest BCUT2D eigenvalue weighted by Gasteiger charge is 2.35. The van der Waals surface area contributed by atoms with Crippen LogP contribution >= 0.6 is 15.9 Å². The summed E-state index contributed by atoms with van der Waals surface area (Å²) >= 11 is 3.47. The molecule has 1 atom stereocenters. The Morgan fingerprint density at radius 3 is 2.44 bits per heavy atom. The number of hydrogen-bond donors (Lipinski definition) is 0. The van der Waals surface area contributed by atoms with Crippen molar-refractivity contribution in [1.82, 2.24) is 0 Å². The van der Waals surface area contributed by atoms with Crippen molar-refractivity contribution in [3.63, 3.8) is 0 Å². The zero-order chi connectivity index (χ0) is 11.8. The molecule has 0 spiro atoms. The van der Waals surface area contributed by atoms with E-state index in [1.807, 2.05) is 0 Å². The van der Waals surface area contributed by atoms with E-state index < -0.39 is 11.7 Å². The molecular weight excluding hydrogens is 281 g/mol. The van der Waals surface area contributed by atoms with Crippen LogP contribution in [-0.4, -0.2) is 4.83 Å². The van der Waals surface area contributed by atoms with Gasteiger partial charge in [-0.3, -0.25) is 0 Å². The third kappa shape index (κ3) is 2.78. The molecule has 1 fully saturated rings. The monoisotopic (exact) mass is 292 g/mol. The summed E-state index contributed by atoms with van der Waals surface area (Å²) < 4.78 is 38.1. The van der Waals surface area contributed by atoms with Crippen LogP contribution in [0.5, 0.6) is 0 Å². The Balaban J connectivity index is 2.19. The number of alkyl halides is 4. The molecule has 1 aromatic rings. The Morgan fingerprint density at radius 2 is 1.88 bits per heavy atom. The van der Waals surface area contributed by atoms with E-state index in [1.54, 1.807) is 12.1 Å². The van der Waals surface area contributed by atoms with Crippen LogP contribution < -0.4 is 0 Å². The van der Waals surface area contributed by atoms with Crippen molar-refractivity contribution in [2.45, 2.75) is 30.3 Å². The highest BCUT2D eigenvalue weighted by atomic mass is 79.9. The first-order chi connectivity index (χ1) is 7.48. The smallest absolute Gasteiger partial charge is 0.166 e. The molecule has 2 rings (SSSR count). The molecule has 0 saturated heterocycles. The lowest BCUT2D eigenvalue weighted by Crippen LogP contribution is -2.13. The van der Waals surface area contributed by atoms with Gasteiger partial charge in [0.2, 0.25) is 0 Å². The third-order valence-electron chi connectivity index (χ3n) is 2.87. The van der Waals surface area contributed by atoms with Gasteiger partial charge in [0, 0.05) is 4.83 Å². The summed E-state index contributed by atoms with van der Waals surface area (Å²) in [7, 11) is 0. The van der Waals surface area contributed by atoms with E-state index in [9.17, 15) is 13.2 Å². The minimum atomic E-state index is -4.24. The molecule has 0 N–H and O–H groups in total. The summed E-state index contributed by atoms with van der Waals surface area (Å²) in [6.07, 6.45) is -1.53. The number of halogens is 4. The average Bonchev–Trinajstić information content (AvgIpc) is 2.99. The summed E-state index contributed by atoms with van der Waals surface area (Å²) in [5, 5.41) is 0. The van der Waals surface area contributed by atoms with E-state index in [1.165, 1.54) is 6.07 Å². The van der Waals surface area contributed by atoms with E-state index in [0.29, 0.717) is 17.9 Å². The maximum absolute atomic E-state index is 12.7. The highest BCUT2D eigenvalue weighted by molar-refractivity contribution is 9.09. The van der Waals surface area contributed by atoms with E-state index in [4.69, 9.17) is 0 Å². The van der Waals surface area contributed by atoms with Crippen LogP contribution in [0, 0.1) is 5.92 Å². The first-order valence-corrected chi connectivity index (χ1v) is 6.19. The summed E-state index contributed by atoms with van der Waals surface area (Å²) in [4.78, 5) is 0.177. The molecular formula is C12H12BrF3. The molecule has 1 unspecified atom stereocenters. The van der Waals surface area contributed by atoms with Crippen molar-refractivity contribution in [3.05, 3.63) is 35.4 Å². The molecule has 0 amide bonds. The lowest BCUT2D eigenvalue weighted by atomic mass is 10.0. The fraction of sp³-hybridized carbons (Fsp3) is 0.500. The van der Waals surface area contributed by atoms with Gasteiger partial charge < -0.3 is 0 Å². The molecule has 1 aliphatic carbocycles. The van der Waals surface area contributed by atoms with Gasteiger partial charge in [0.15, 0.2) is 0 Å². The van der Waals surface area contributed by atoms with Crippen LogP contribution in [0.1, 0.15) is 24.0 Å². The first kappa shape index (κ1) is 12.0. The van der Waals surface area contributed by atoms with Crippen molar-refractivity contribution in [3.8, 4) is 0 Å².